The lowest BCUT2D eigenvalue weighted by atomic mass is 9.89. The van der Waals surface area contributed by atoms with Crippen LogP contribution >= 0.6 is 0 Å². The molecule has 0 aliphatic heterocycles. The summed E-state index contributed by atoms with van der Waals surface area (Å²) in [5, 5.41) is 13.6. The fourth-order valence-corrected chi connectivity index (χ4v) is 1.74. The molecule has 0 amide bonds. The Morgan fingerprint density at radius 3 is 2.41 bits per heavy atom. The smallest absolute Gasteiger partial charge is 0.291 e. The largest absolute Gasteiger partial charge is 0.370 e. The number of aliphatic imine (C=N–C) groups is 1. The second-order valence-electron chi connectivity index (χ2n) is 3.83. The first kappa shape index (κ1) is 15.2. The maximum absolute atomic E-state index is 8.36. The summed E-state index contributed by atoms with van der Waals surface area (Å²) in [4.78, 5) is 12.3. The maximum atomic E-state index is 8.36. The second kappa shape index (κ2) is 9.44. The standard InChI is InChI=1S/C10H19N3.HNO3/c11-10(12)13-8-4-7-9-5-2-1-3-6-9;2-1(3)4/h4,7,9H,1-3,5-6,8H2,(H4,11,12,13);(H,2,3,4)/b7-4+;. The van der Waals surface area contributed by atoms with Crippen molar-refractivity contribution in [2.75, 3.05) is 6.54 Å². The van der Waals surface area contributed by atoms with Crippen LogP contribution < -0.4 is 11.5 Å². The van der Waals surface area contributed by atoms with Crippen molar-refractivity contribution < 1.29 is 10.3 Å². The zero-order valence-corrected chi connectivity index (χ0v) is 9.79. The van der Waals surface area contributed by atoms with Crippen molar-refractivity contribution in [2.24, 2.45) is 22.4 Å². The van der Waals surface area contributed by atoms with Crippen molar-refractivity contribution in [1.29, 1.82) is 0 Å². The number of guanidine groups is 1. The van der Waals surface area contributed by atoms with E-state index >= 15 is 0 Å². The van der Waals surface area contributed by atoms with E-state index in [2.05, 4.69) is 17.1 Å². The van der Waals surface area contributed by atoms with Gasteiger partial charge in [-0.1, -0.05) is 31.4 Å². The van der Waals surface area contributed by atoms with Crippen LogP contribution in [0.3, 0.4) is 0 Å². The van der Waals surface area contributed by atoms with Crippen LogP contribution in [-0.4, -0.2) is 22.8 Å². The third-order valence-corrected chi connectivity index (χ3v) is 2.44. The van der Waals surface area contributed by atoms with Gasteiger partial charge in [-0.25, -0.2) is 4.99 Å². The van der Waals surface area contributed by atoms with Gasteiger partial charge in [0.05, 0.1) is 6.54 Å². The lowest BCUT2D eigenvalue weighted by molar-refractivity contribution is -0.742. The van der Waals surface area contributed by atoms with E-state index in [1.165, 1.54) is 32.1 Å². The number of hydrogen-bond acceptors (Lipinski definition) is 3. The summed E-state index contributed by atoms with van der Waals surface area (Å²) in [7, 11) is 0. The van der Waals surface area contributed by atoms with Crippen molar-refractivity contribution in [1.82, 2.24) is 0 Å². The minimum Gasteiger partial charge on any atom is -0.370 e. The highest BCUT2D eigenvalue weighted by atomic mass is 16.9. The molecule has 1 fully saturated rings. The molecule has 0 aromatic carbocycles. The lowest BCUT2D eigenvalue weighted by Crippen LogP contribution is -2.22. The van der Waals surface area contributed by atoms with E-state index in [1.807, 2.05) is 0 Å². The fraction of sp³-hybridized carbons (Fsp3) is 0.700. The highest BCUT2D eigenvalue weighted by Gasteiger charge is 2.08. The predicted octanol–water partition coefficient (Wildman–Crippen LogP) is 1.05. The van der Waals surface area contributed by atoms with Gasteiger partial charge < -0.3 is 16.7 Å². The normalized spacial score (nSPS) is 16.0. The van der Waals surface area contributed by atoms with Crippen molar-refractivity contribution in [3.63, 3.8) is 0 Å². The predicted molar refractivity (Wildman–Crippen MR) is 65.2 cm³/mol. The number of nitrogens with zero attached hydrogens (tertiary/aromatic N) is 2. The molecule has 98 valence electrons. The summed E-state index contributed by atoms with van der Waals surface area (Å²) < 4.78 is 0. The molecular weight excluding hydrogens is 224 g/mol. The van der Waals surface area contributed by atoms with Crippen LogP contribution in [-0.2, 0) is 0 Å². The number of nitrogens with two attached hydrogens (primary N) is 2. The molecular formula is C10H20N4O3. The highest BCUT2D eigenvalue weighted by Crippen LogP contribution is 2.24. The van der Waals surface area contributed by atoms with Gasteiger partial charge in [-0.05, 0) is 18.8 Å². The molecule has 0 spiro atoms. The Morgan fingerprint density at radius 1 is 1.41 bits per heavy atom. The van der Waals surface area contributed by atoms with E-state index in [4.69, 9.17) is 26.8 Å². The molecule has 0 heterocycles. The van der Waals surface area contributed by atoms with Crippen LogP contribution in [0.25, 0.3) is 0 Å². The first-order chi connectivity index (χ1) is 8.02. The minimum atomic E-state index is -1.50. The van der Waals surface area contributed by atoms with E-state index in [1.54, 1.807) is 0 Å². The molecule has 0 unspecified atom stereocenters. The van der Waals surface area contributed by atoms with Crippen LogP contribution in [0, 0.1) is 16.0 Å². The minimum absolute atomic E-state index is 0.174. The van der Waals surface area contributed by atoms with Gasteiger partial charge in [0.2, 0.25) is 0 Å². The van der Waals surface area contributed by atoms with Gasteiger partial charge in [0, 0.05) is 0 Å². The van der Waals surface area contributed by atoms with Crippen molar-refractivity contribution in [3.8, 4) is 0 Å². The van der Waals surface area contributed by atoms with Gasteiger partial charge in [-0.2, -0.15) is 0 Å². The van der Waals surface area contributed by atoms with E-state index in [0.717, 1.165) is 5.92 Å². The molecule has 0 aromatic rings. The Balaban J connectivity index is 0.000000557. The monoisotopic (exact) mass is 244 g/mol. The third kappa shape index (κ3) is 12.1. The van der Waals surface area contributed by atoms with Gasteiger partial charge in [0.25, 0.3) is 5.09 Å². The molecule has 7 heteroatoms. The molecule has 1 aliphatic rings. The van der Waals surface area contributed by atoms with Crippen LogP contribution in [0.5, 0.6) is 0 Å². The molecule has 1 saturated carbocycles. The molecule has 0 aromatic heterocycles. The average Bonchev–Trinajstić information content (AvgIpc) is 2.25. The van der Waals surface area contributed by atoms with E-state index < -0.39 is 5.09 Å². The number of rotatable bonds is 3. The Hall–Kier alpha value is -1.79. The first-order valence-corrected chi connectivity index (χ1v) is 5.57. The van der Waals surface area contributed by atoms with Crippen molar-refractivity contribution >= 4 is 5.96 Å². The Bertz CT molecular complexity index is 265. The van der Waals surface area contributed by atoms with E-state index in [0.29, 0.717) is 6.54 Å². The van der Waals surface area contributed by atoms with Gasteiger partial charge in [-0.3, -0.25) is 0 Å². The summed E-state index contributed by atoms with van der Waals surface area (Å²) in [5.74, 6) is 0.941. The lowest BCUT2D eigenvalue weighted by Gasteiger charge is -2.17. The SMILES string of the molecule is NC(N)=NC/C=C/C1CCCCC1.O=[N+]([O-])O. The van der Waals surface area contributed by atoms with Crippen molar-refractivity contribution in [3.05, 3.63) is 22.3 Å². The number of allylic oxidation sites excluding steroid dienone is 1. The van der Waals surface area contributed by atoms with Crippen LogP contribution in [0.4, 0.5) is 0 Å². The quantitative estimate of drug-likeness (QED) is 0.225. The van der Waals surface area contributed by atoms with Gasteiger partial charge >= 0.3 is 0 Å². The molecule has 17 heavy (non-hydrogen) atoms. The zero-order valence-electron chi connectivity index (χ0n) is 9.79. The summed E-state index contributed by atoms with van der Waals surface area (Å²) in [5.41, 5.74) is 10.4. The maximum Gasteiger partial charge on any atom is 0.291 e. The number of hydrogen-bond donors (Lipinski definition) is 3. The van der Waals surface area contributed by atoms with E-state index in [-0.39, 0.29) is 5.96 Å². The Morgan fingerprint density at radius 2 is 1.94 bits per heavy atom. The summed E-state index contributed by atoms with van der Waals surface area (Å²) >= 11 is 0. The third-order valence-electron chi connectivity index (χ3n) is 2.44. The highest BCUT2D eigenvalue weighted by molar-refractivity contribution is 5.75. The first-order valence-electron chi connectivity index (χ1n) is 5.57. The molecule has 0 atom stereocenters. The molecule has 0 bridgehead atoms. The second-order valence-corrected chi connectivity index (χ2v) is 3.83. The summed E-state index contributed by atoms with van der Waals surface area (Å²) in [6, 6.07) is 0. The summed E-state index contributed by atoms with van der Waals surface area (Å²) in [6.07, 6.45) is 11.1. The van der Waals surface area contributed by atoms with Gasteiger partial charge in [0.1, 0.15) is 0 Å². The van der Waals surface area contributed by atoms with Gasteiger partial charge in [-0.15, -0.1) is 10.1 Å². The van der Waals surface area contributed by atoms with Crippen LogP contribution in [0.2, 0.25) is 0 Å². The van der Waals surface area contributed by atoms with Gasteiger partial charge in [0.15, 0.2) is 5.96 Å². The molecule has 7 nitrogen and oxygen atoms in total. The topological polar surface area (TPSA) is 128 Å². The Labute approximate surface area is 100 Å². The Kier molecular flexibility index (Phi) is 8.44. The molecule has 1 rings (SSSR count). The molecule has 0 radical (unpaired) electrons. The summed E-state index contributed by atoms with van der Waals surface area (Å²) in [6.45, 7) is 0.624. The van der Waals surface area contributed by atoms with E-state index in [9.17, 15) is 0 Å². The fourth-order valence-electron chi connectivity index (χ4n) is 1.74. The zero-order chi connectivity index (χ0) is 13.1. The average molecular weight is 244 g/mol. The van der Waals surface area contributed by atoms with Crippen molar-refractivity contribution in [2.45, 2.75) is 32.1 Å². The molecule has 0 saturated heterocycles. The molecule has 1 aliphatic carbocycles. The van der Waals surface area contributed by atoms with Crippen LogP contribution in [0.1, 0.15) is 32.1 Å². The molecule has 5 N–H and O–H groups in total. The van der Waals surface area contributed by atoms with Crippen LogP contribution in [0.15, 0.2) is 17.1 Å².